The largest absolute Gasteiger partial charge is 0.465 e. The van der Waals surface area contributed by atoms with Crippen molar-refractivity contribution in [1.29, 1.82) is 0 Å². The molecule has 15 heavy (non-hydrogen) atoms. The number of nitrogens with zero attached hydrogens (tertiary/aromatic N) is 2. The van der Waals surface area contributed by atoms with Crippen LogP contribution in [0.1, 0.15) is 13.8 Å². The average molecular weight is 214 g/mol. The van der Waals surface area contributed by atoms with Gasteiger partial charge in [-0.1, -0.05) is 6.92 Å². The van der Waals surface area contributed by atoms with E-state index in [1.54, 1.807) is 0 Å². The number of likely N-dealkylation sites (tertiary alicyclic amines) is 1. The molecular formula is C11H22N2O2. The number of carbonyl (C=O) groups excluding carboxylic acids is 1. The van der Waals surface area contributed by atoms with Gasteiger partial charge in [-0.3, -0.25) is 9.69 Å². The summed E-state index contributed by atoms with van der Waals surface area (Å²) in [6.45, 7) is 6.93. The van der Waals surface area contributed by atoms with Gasteiger partial charge in [0.1, 0.15) is 0 Å². The Labute approximate surface area is 92.2 Å². The second-order valence-electron chi connectivity index (χ2n) is 4.51. The fourth-order valence-electron chi connectivity index (χ4n) is 2.24. The topological polar surface area (TPSA) is 32.8 Å². The summed E-state index contributed by atoms with van der Waals surface area (Å²) >= 11 is 0. The molecule has 1 rings (SSSR count). The highest BCUT2D eigenvalue weighted by molar-refractivity contribution is 5.71. The van der Waals surface area contributed by atoms with Gasteiger partial charge in [-0.25, -0.2) is 0 Å². The minimum absolute atomic E-state index is 0.107. The van der Waals surface area contributed by atoms with Crippen LogP contribution in [0, 0.1) is 5.92 Å². The predicted octanol–water partition coefficient (Wildman–Crippen LogP) is 0.431. The zero-order valence-electron chi connectivity index (χ0n) is 10.2. The molecular weight excluding hydrogens is 192 g/mol. The van der Waals surface area contributed by atoms with Crippen LogP contribution in [0.4, 0.5) is 0 Å². The van der Waals surface area contributed by atoms with E-state index in [2.05, 4.69) is 30.8 Å². The van der Waals surface area contributed by atoms with Crippen LogP contribution in [0.3, 0.4) is 0 Å². The van der Waals surface area contributed by atoms with Gasteiger partial charge in [0.15, 0.2) is 0 Å². The average Bonchev–Trinajstić information content (AvgIpc) is 2.47. The highest BCUT2D eigenvalue weighted by Gasteiger charge is 2.31. The van der Waals surface area contributed by atoms with Gasteiger partial charge in [-0.2, -0.15) is 0 Å². The lowest BCUT2D eigenvalue weighted by Gasteiger charge is -2.22. The molecule has 0 aromatic rings. The maximum atomic E-state index is 11.3. The Balaban J connectivity index is 2.38. The van der Waals surface area contributed by atoms with E-state index < -0.39 is 0 Å². The predicted molar refractivity (Wildman–Crippen MR) is 59.7 cm³/mol. The Kier molecular flexibility index (Phi) is 4.54. The molecule has 0 aliphatic carbocycles. The molecule has 0 amide bonds. The monoisotopic (exact) mass is 214 g/mol. The molecule has 1 saturated heterocycles. The highest BCUT2D eigenvalue weighted by atomic mass is 16.5. The minimum Gasteiger partial charge on any atom is -0.465 e. The third-order valence-corrected chi connectivity index (χ3v) is 2.97. The first-order valence-electron chi connectivity index (χ1n) is 5.59. The standard InChI is InChI=1S/C11H22N2O2/c1-5-15-11(14)8-13-6-9(2)10(7-13)12(3)4/h9-10H,5-8H2,1-4H3. The molecule has 1 fully saturated rings. The van der Waals surface area contributed by atoms with Crippen LogP contribution >= 0.6 is 0 Å². The van der Waals surface area contributed by atoms with E-state index in [9.17, 15) is 4.79 Å². The lowest BCUT2D eigenvalue weighted by Crippen LogP contribution is -2.35. The van der Waals surface area contributed by atoms with E-state index in [1.807, 2.05) is 6.92 Å². The summed E-state index contributed by atoms with van der Waals surface area (Å²) in [5.74, 6) is 0.513. The molecule has 0 N–H and O–H groups in total. The quantitative estimate of drug-likeness (QED) is 0.635. The van der Waals surface area contributed by atoms with Crippen molar-refractivity contribution in [2.24, 2.45) is 5.92 Å². The van der Waals surface area contributed by atoms with E-state index >= 15 is 0 Å². The number of ether oxygens (including phenoxy) is 1. The lowest BCUT2D eigenvalue weighted by molar-refractivity contribution is -0.144. The van der Waals surface area contributed by atoms with Crippen LogP contribution in [0.5, 0.6) is 0 Å². The first kappa shape index (κ1) is 12.5. The van der Waals surface area contributed by atoms with Crippen LogP contribution in [-0.4, -0.2) is 62.1 Å². The molecule has 1 heterocycles. The summed E-state index contributed by atoms with van der Waals surface area (Å²) in [5.41, 5.74) is 0. The van der Waals surface area contributed by atoms with Gasteiger partial charge in [0.25, 0.3) is 0 Å². The molecule has 0 aromatic heterocycles. The fourth-order valence-corrected chi connectivity index (χ4v) is 2.24. The summed E-state index contributed by atoms with van der Waals surface area (Å²) in [4.78, 5) is 15.7. The Morgan fingerprint density at radius 1 is 1.47 bits per heavy atom. The summed E-state index contributed by atoms with van der Waals surface area (Å²) in [7, 11) is 4.18. The molecule has 88 valence electrons. The summed E-state index contributed by atoms with van der Waals surface area (Å²) in [5, 5.41) is 0. The zero-order valence-corrected chi connectivity index (χ0v) is 10.2. The molecule has 1 aliphatic rings. The van der Waals surface area contributed by atoms with Gasteiger partial charge in [0.2, 0.25) is 0 Å². The molecule has 2 unspecified atom stereocenters. The molecule has 0 spiro atoms. The third-order valence-electron chi connectivity index (χ3n) is 2.97. The van der Waals surface area contributed by atoms with Gasteiger partial charge < -0.3 is 9.64 Å². The van der Waals surface area contributed by atoms with E-state index in [4.69, 9.17) is 4.74 Å². The van der Waals surface area contributed by atoms with Crippen LogP contribution in [-0.2, 0) is 9.53 Å². The van der Waals surface area contributed by atoms with Crippen LogP contribution in [0.2, 0.25) is 0 Å². The number of esters is 1. The molecule has 0 bridgehead atoms. The Hall–Kier alpha value is -0.610. The van der Waals surface area contributed by atoms with Crippen molar-refractivity contribution >= 4 is 5.97 Å². The molecule has 0 aromatic carbocycles. The number of likely N-dealkylation sites (N-methyl/N-ethyl adjacent to an activating group) is 1. The first-order chi connectivity index (χ1) is 7.04. The van der Waals surface area contributed by atoms with Gasteiger partial charge in [-0.15, -0.1) is 0 Å². The summed E-state index contributed by atoms with van der Waals surface area (Å²) in [6, 6.07) is 0.555. The third kappa shape index (κ3) is 3.47. The lowest BCUT2D eigenvalue weighted by atomic mass is 10.1. The molecule has 2 atom stereocenters. The molecule has 1 aliphatic heterocycles. The summed E-state index contributed by atoms with van der Waals surface area (Å²) < 4.78 is 4.94. The zero-order chi connectivity index (χ0) is 11.4. The van der Waals surface area contributed by atoms with Crippen LogP contribution < -0.4 is 0 Å². The normalized spacial score (nSPS) is 27.3. The fraction of sp³-hybridized carbons (Fsp3) is 0.909. The smallest absolute Gasteiger partial charge is 0.320 e. The van der Waals surface area contributed by atoms with Gasteiger partial charge in [0, 0.05) is 19.1 Å². The van der Waals surface area contributed by atoms with Gasteiger partial charge in [0.05, 0.1) is 13.2 Å². The Bertz CT molecular complexity index is 219. The minimum atomic E-state index is -0.107. The first-order valence-corrected chi connectivity index (χ1v) is 5.59. The SMILES string of the molecule is CCOC(=O)CN1CC(C)C(N(C)C)C1. The Morgan fingerprint density at radius 2 is 2.13 bits per heavy atom. The van der Waals surface area contributed by atoms with E-state index in [1.165, 1.54) is 0 Å². The van der Waals surface area contributed by atoms with Crippen LogP contribution in [0.15, 0.2) is 0 Å². The van der Waals surface area contributed by atoms with Crippen LogP contribution in [0.25, 0.3) is 0 Å². The maximum Gasteiger partial charge on any atom is 0.320 e. The maximum absolute atomic E-state index is 11.3. The van der Waals surface area contributed by atoms with E-state index in [0.717, 1.165) is 13.1 Å². The van der Waals surface area contributed by atoms with Crippen molar-refractivity contribution in [1.82, 2.24) is 9.80 Å². The van der Waals surface area contributed by atoms with Crippen molar-refractivity contribution in [3.8, 4) is 0 Å². The summed E-state index contributed by atoms with van der Waals surface area (Å²) in [6.07, 6.45) is 0. The van der Waals surface area contributed by atoms with Crippen molar-refractivity contribution in [3.05, 3.63) is 0 Å². The molecule has 4 heteroatoms. The number of hydrogen-bond donors (Lipinski definition) is 0. The van der Waals surface area contributed by atoms with Crippen molar-refractivity contribution < 1.29 is 9.53 Å². The number of hydrogen-bond acceptors (Lipinski definition) is 4. The van der Waals surface area contributed by atoms with Crippen molar-refractivity contribution in [2.45, 2.75) is 19.9 Å². The second-order valence-corrected chi connectivity index (χ2v) is 4.51. The van der Waals surface area contributed by atoms with Gasteiger partial charge >= 0.3 is 5.97 Å². The van der Waals surface area contributed by atoms with Gasteiger partial charge in [-0.05, 0) is 26.9 Å². The molecule has 4 nitrogen and oxygen atoms in total. The highest BCUT2D eigenvalue weighted by Crippen LogP contribution is 2.19. The molecule has 0 saturated carbocycles. The number of carbonyl (C=O) groups is 1. The van der Waals surface area contributed by atoms with Crippen molar-refractivity contribution in [3.63, 3.8) is 0 Å². The van der Waals surface area contributed by atoms with E-state index in [-0.39, 0.29) is 5.97 Å². The Morgan fingerprint density at radius 3 is 2.60 bits per heavy atom. The number of rotatable bonds is 4. The molecule has 0 radical (unpaired) electrons. The van der Waals surface area contributed by atoms with Crippen molar-refractivity contribution in [2.75, 3.05) is 40.3 Å². The second kappa shape index (κ2) is 5.47. The van der Waals surface area contributed by atoms with E-state index in [0.29, 0.717) is 25.1 Å².